The van der Waals surface area contributed by atoms with Gasteiger partial charge < -0.3 is 10.5 Å². The lowest BCUT2D eigenvalue weighted by Gasteiger charge is -2.16. The Morgan fingerprint density at radius 3 is 2.47 bits per heavy atom. The van der Waals surface area contributed by atoms with Gasteiger partial charge in [0.2, 0.25) is 5.82 Å². The van der Waals surface area contributed by atoms with Gasteiger partial charge in [-0.05, 0) is 34.8 Å². The third-order valence-corrected chi connectivity index (χ3v) is 3.22. The van der Waals surface area contributed by atoms with Crippen LogP contribution in [0.3, 0.4) is 0 Å². The third kappa shape index (κ3) is 1.63. The Labute approximate surface area is 94.5 Å². The van der Waals surface area contributed by atoms with E-state index < -0.39 is 17.2 Å². The average molecular weight is 278 g/mol. The summed E-state index contributed by atoms with van der Waals surface area (Å²) < 4.78 is 31.7. The maximum Gasteiger partial charge on any atom is 0.202 e. The van der Waals surface area contributed by atoms with Crippen molar-refractivity contribution in [3.63, 3.8) is 0 Å². The number of rotatable bonds is 2. The predicted octanol–water partition coefficient (Wildman–Crippen LogP) is 2.68. The van der Waals surface area contributed by atoms with Crippen molar-refractivity contribution in [3.05, 3.63) is 27.7 Å². The van der Waals surface area contributed by atoms with E-state index in [0.717, 1.165) is 12.8 Å². The number of hydrogen-bond acceptors (Lipinski definition) is 2. The van der Waals surface area contributed by atoms with E-state index in [1.54, 1.807) is 0 Å². The lowest BCUT2D eigenvalue weighted by Crippen LogP contribution is -2.20. The summed E-state index contributed by atoms with van der Waals surface area (Å²) in [5.74, 6) is -2.02. The lowest BCUT2D eigenvalue weighted by atomic mass is 10.0. The molecule has 0 atom stereocenters. The van der Waals surface area contributed by atoms with Gasteiger partial charge in [0.05, 0.1) is 11.6 Å². The van der Waals surface area contributed by atoms with Crippen molar-refractivity contribution in [1.82, 2.24) is 0 Å². The van der Waals surface area contributed by atoms with Crippen LogP contribution < -0.4 is 10.5 Å². The summed E-state index contributed by atoms with van der Waals surface area (Å²) in [5.41, 5.74) is 5.91. The van der Waals surface area contributed by atoms with Crippen molar-refractivity contribution in [3.8, 4) is 5.75 Å². The fourth-order valence-electron chi connectivity index (χ4n) is 1.55. The van der Waals surface area contributed by atoms with Gasteiger partial charge in [-0.15, -0.1) is 0 Å². The molecule has 15 heavy (non-hydrogen) atoms. The van der Waals surface area contributed by atoms with Crippen LogP contribution in [0.25, 0.3) is 0 Å². The molecular formula is C10H10BrF2NO. The van der Waals surface area contributed by atoms with Gasteiger partial charge in [0.15, 0.2) is 11.6 Å². The van der Waals surface area contributed by atoms with E-state index in [0.29, 0.717) is 5.56 Å². The Kier molecular flexibility index (Phi) is 2.47. The molecule has 1 saturated carbocycles. The van der Waals surface area contributed by atoms with Gasteiger partial charge in [-0.3, -0.25) is 0 Å². The Morgan fingerprint density at radius 1 is 1.40 bits per heavy atom. The molecule has 2 rings (SSSR count). The van der Waals surface area contributed by atoms with E-state index in [1.165, 1.54) is 13.2 Å². The molecule has 0 bridgehead atoms. The monoisotopic (exact) mass is 277 g/mol. The average Bonchev–Trinajstić information content (AvgIpc) is 2.94. The molecule has 1 aromatic rings. The minimum absolute atomic E-state index is 0.0764. The molecule has 1 aromatic carbocycles. The highest BCUT2D eigenvalue weighted by atomic mass is 79.9. The Bertz CT molecular complexity index is 418. The molecule has 0 amide bonds. The van der Waals surface area contributed by atoms with E-state index in [-0.39, 0.29) is 10.2 Å². The van der Waals surface area contributed by atoms with E-state index in [4.69, 9.17) is 10.5 Å². The van der Waals surface area contributed by atoms with Crippen molar-refractivity contribution in [2.24, 2.45) is 5.73 Å². The normalized spacial score (nSPS) is 17.7. The highest BCUT2D eigenvalue weighted by molar-refractivity contribution is 9.10. The summed E-state index contributed by atoms with van der Waals surface area (Å²) >= 11 is 2.95. The molecule has 82 valence electrons. The van der Waals surface area contributed by atoms with E-state index in [1.807, 2.05) is 0 Å². The second-order valence-corrected chi connectivity index (χ2v) is 4.58. The molecule has 2 nitrogen and oxygen atoms in total. The van der Waals surface area contributed by atoms with E-state index in [9.17, 15) is 8.78 Å². The zero-order chi connectivity index (χ0) is 11.2. The van der Waals surface area contributed by atoms with Gasteiger partial charge in [0.1, 0.15) is 0 Å². The minimum atomic E-state index is -0.987. The maximum atomic E-state index is 13.5. The molecule has 0 aromatic heterocycles. The first-order valence-electron chi connectivity index (χ1n) is 4.50. The summed E-state index contributed by atoms with van der Waals surface area (Å²) in [6, 6.07) is 1.49. The number of nitrogens with two attached hydrogens (primary N) is 1. The summed E-state index contributed by atoms with van der Waals surface area (Å²) in [6.07, 6.45) is 1.53. The highest BCUT2D eigenvalue weighted by Gasteiger charge is 2.43. The molecule has 1 fully saturated rings. The number of benzene rings is 1. The smallest absolute Gasteiger partial charge is 0.202 e. The molecule has 0 heterocycles. The topological polar surface area (TPSA) is 35.2 Å². The summed E-state index contributed by atoms with van der Waals surface area (Å²) in [6.45, 7) is 0. The first-order chi connectivity index (χ1) is 6.99. The first kappa shape index (κ1) is 10.8. The summed E-state index contributed by atoms with van der Waals surface area (Å²) in [5, 5.41) is 0. The molecule has 0 unspecified atom stereocenters. The fourth-order valence-corrected chi connectivity index (χ4v) is 1.95. The van der Waals surface area contributed by atoms with Gasteiger partial charge >= 0.3 is 0 Å². The van der Waals surface area contributed by atoms with Gasteiger partial charge in [-0.25, -0.2) is 4.39 Å². The largest absolute Gasteiger partial charge is 0.493 e. The molecule has 0 aliphatic heterocycles. The number of halogens is 3. The van der Waals surface area contributed by atoms with Crippen molar-refractivity contribution in [2.75, 3.05) is 7.11 Å². The van der Waals surface area contributed by atoms with Crippen LogP contribution in [-0.2, 0) is 5.54 Å². The van der Waals surface area contributed by atoms with Crippen LogP contribution in [0.5, 0.6) is 5.75 Å². The van der Waals surface area contributed by atoms with Crippen molar-refractivity contribution in [1.29, 1.82) is 0 Å². The van der Waals surface area contributed by atoms with Crippen LogP contribution >= 0.6 is 15.9 Å². The SMILES string of the molecule is COc1c(C2(N)CC2)cc(Br)c(F)c1F. The molecule has 0 saturated heterocycles. The molecular weight excluding hydrogens is 268 g/mol. The van der Waals surface area contributed by atoms with Gasteiger partial charge in [0.25, 0.3) is 0 Å². The summed E-state index contributed by atoms with van der Waals surface area (Å²) in [4.78, 5) is 0. The Hall–Kier alpha value is -0.680. The van der Waals surface area contributed by atoms with Crippen LogP contribution in [-0.4, -0.2) is 7.11 Å². The first-order valence-corrected chi connectivity index (χ1v) is 5.30. The van der Waals surface area contributed by atoms with Crippen LogP contribution in [0.1, 0.15) is 18.4 Å². The van der Waals surface area contributed by atoms with E-state index >= 15 is 0 Å². The quantitative estimate of drug-likeness (QED) is 0.844. The lowest BCUT2D eigenvalue weighted by molar-refractivity contribution is 0.361. The predicted molar refractivity (Wildman–Crippen MR) is 55.7 cm³/mol. The van der Waals surface area contributed by atoms with Crippen LogP contribution in [0, 0.1) is 11.6 Å². The van der Waals surface area contributed by atoms with Crippen molar-refractivity contribution >= 4 is 15.9 Å². The molecule has 2 N–H and O–H groups in total. The fraction of sp³-hybridized carbons (Fsp3) is 0.400. The number of hydrogen-bond donors (Lipinski definition) is 1. The standard InChI is InChI=1S/C10H10BrF2NO/c1-15-9-5(10(14)2-3-10)4-6(11)7(12)8(9)13/h4H,2-3,14H2,1H3. The molecule has 0 spiro atoms. The van der Waals surface area contributed by atoms with Crippen molar-refractivity contribution < 1.29 is 13.5 Å². The second kappa shape index (κ2) is 3.42. The highest BCUT2D eigenvalue weighted by Crippen LogP contribution is 2.48. The molecule has 5 heteroatoms. The zero-order valence-corrected chi connectivity index (χ0v) is 9.70. The summed E-state index contributed by atoms with van der Waals surface area (Å²) in [7, 11) is 1.31. The molecule has 1 aliphatic rings. The second-order valence-electron chi connectivity index (χ2n) is 3.72. The zero-order valence-electron chi connectivity index (χ0n) is 8.11. The Balaban J connectivity index is 2.63. The van der Waals surface area contributed by atoms with Gasteiger partial charge in [0, 0.05) is 11.1 Å². The maximum absolute atomic E-state index is 13.5. The Morgan fingerprint density at radius 2 is 2.00 bits per heavy atom. The van der Waals surface area contributed by atoms with E-state index in [2.05, 4.69) is 15.9 Å². The molecule has 0 radical (unpaired) electrons. The number of ether oxygens (including phenoxy) is 1. The van der Waals surface area contributed by atoms with Gasteiger partial charge in [-0.1, -0.05) is 0 Å². The van der Waals surface area contributed by atoms with Gasteiger partial charge in [-0.2, -0.15) is 4.39 Å². The minimum Gasteiger partial charge on any atom is -0.493 e. The van der Waals surface area contributed by atoms with Crippen LogP contribution in [0.2, 0.25) is 0 Å². The molecule has 1 aliphatic carbocycles. The van der Waals surface area contributed by atoms with Crippen molar-refractivity contribution in [2.45, 2.75) is 18.4 Å². The third-order valence-electron chi connectivity index (χ3n) is 2.65. The van der Waals surface area contributed by atoms with Crippen LogP contribution in [0.15, 0.2) is 10.5 Å². The van der Waals surface area contributed by atoms with Crippen LogP contribution in [0.4, 0.5) is 8.78 Å². The number of methoxy groups -OCH3 is 1.